The van der Waals surface area contributed by atoms with Gasteiger partial charge in [0.15, 0.2) is 5.76 Å². The van der Waals surface area contributed by atoms with E-state index in [9.17, 15) is 14.0 Å². The van der Waals surface area contributed by atoms with Gasteiger partial charge in [0.25, 0.3) is 11.8 Å². The number of nitrogens with one attached hydrogen (secondary N) is 2. The number of anilines is 2. The minimum absolute atomic E-state index is 0.282. The largest absolute Gasteiger partial charge is 0.487 e. The molecule has 0 radical (unpaired) electrons. The Balaban J connectivity index is 1.62. The smallest absolute Gasteiger partial charge is 0.291 e. The van der Waals surface area contributed by atoms with E-state index in [-0.39, 0.29) is 17.6 Å². The van der Waals surface area contributed by atoms with Crippen LogP contribution in [-0.4, -0.2) is 24.2 Å². The Hall–Kier alpha value is -2.80. The van der Waals surface area contributed by atoms with Crippen LogP contribution in [0.25, 0.3) is 0 Å². The lowest BCUT2D eigenvalue weighted by atomic mass is 10.2. The van der Waals surface area contributed by atoms with Gasteiger partial charge in [-0.3, -0.25) is 9.59 Å². The zero-order valence-corrected chi connectivity index (χ0v) is 13.9. The summed E-state index contributed by atoms with van der Waals surface area (Å²) in [7, 11) is 0. The van der Waals surface area contributed by atoms with Gasteiger partial charge in [-0.2, -0.15) is 0 Å². The predicted octanol–water partition coefficient (Wildman–Crippen LogP) is 3.62. The van der Waals surface area contributed by atoms with Crippen LogP contribution in [0.5, 0.6) is 0 Å². The molecule has 1 aliphatic rings. The Kier molecular flexibility index (Phi) is 5.35. The van der Waals surface area contributed by atoms with Crippen molar-refractivity contribution in [2.45, 2.75) is 0 Å². The van der Waals surface area contributed by atoms with E-state index < -0.39 is 5.82 Å². The van der Waals surface area contributed by atoms with Crippen molar-refractivity contribution in [3.63, 3.8) is 0 Å². The van der Waals surface area contributed by atoms with Gasteiger partial charge in [-0.25, -0.2) is 4.39 Å². The molecular formula is C18H15FN2O3S. The molecule has 128 valence electrons. The Bertz CT molecular complexity index is 821. The van der Waals surface area contributed by atoms with E-state index in [0.717, 1.165) is 5.75 Å². The standard InChI is InChI=1S/C18H15FN2O3S/c19-13-2-1-3-15(10-13)21-17(22)12-4-6-14(7-5-12)20-18(23)16-11-25-9-8-24-16/h1-7,10-11H,8-9H2,(H,20,23)(H,21,22). The molecule has 2 amide bonds. The number of thioether (sulfide) groups is 1. The average molecular weight is 358 g/mol. The zero-order chi connectivity index (χ0) is 17.6. The number of hydrogen-bond donors (Lipinski definition) is 2. The summed E-state index contributed by atoms with van der Waals surface area (Å²) in [5.74, 6) is -0.00822. The molecule has 0 fully saturated rings. The molecule has 1 aliphatic heterocycles. The van der Waals surface area contributed by atoms with E-state index in [1.54, 1.807) is 35.7 Å². The number of amides is 2. The molecule has 0 unspecified atom stereocenters. The van der Waals surface area contributed by atoms with Crippen molar-refractivity contribution < 1.29 is 18.7 Å². The van der Waals surface area contributed by atoms with Gasteiger partial charge >= 0.3 is 0 Å². The zero-order valence-electron chi connectivity index (χ0n) is 13.1. The van der Waals surface area contributed by atoms with Gasteiger partial charge in [0.05, 0.1) is 6.61 Å². The Labute approximate surface area is 148 Å². The predicted molar refractivity (Wildman–Crippen MR) is 95.9 cm³/mol. The van der Waals surface area contributed by atoms with Crippen LogP contribution in [0.3, 0.4) is 0 Å². The fourth-order valence-electron chi connectivity index (χ4n) is 2.15. The number of carbonyl (C=O) groups is 2. The minimum atomic E-state index is -0.423. The first-order valence-electron chi connectivity index (χ1n) is 7.55. The van der Waals surface area contributed by atoms with Gasteiger partial charge in [0.1, 0.15) is 5.82 Å². The molecule has 0 atom stereocenters. The van der Waals surface area contributed by atoms with E-state index in [1.807, 2.05) is 0 Å². The van der Waals surface area contributed by atoms with Crippen molar-refractivity contribution in [2.75, 3.05) is 23.0 Å². The van der Waals surface area contributed by atoms with Crippen LogP contribution < -0.4 is 10.6 Å². The molecule has 0 spiro atoms. The van der Waals surface area contributed by atoms with E-state index in [2.05, 4.69) is 10.6 Å². The lowest BCUT2D eigenvalue weighted by Gasteiger charge is -2.14. The van der Waals surface area contributed by atoms with Gasteiger partial charge in [0.2, 0.25) is 0 Å². The molecule has 2 aromatic carbocycles. The third-order valence-corrected chi connectivity index (χ3v) is 4.14. The molecule has 0 aliphatic carbocycles. The van der Waals surface area contributed by atoms with Crippen molar-refractivity contribution in [3.8, 4) is 0 Å². The highest BCUT2D eigenvalue weighted by molar-refractivity contribution is 8.02. The topological polar surface area (TPSA) is 67.4 Å². The van der Waals surface area contributed by atoms with Crippen LogP contribution in [0.15, 0.2) is 59.7 Å². The second-order valence-corrected chi connectivity index (χ2v) is 6.17. The summed E-state index contributed by atoms with van der Waals surface area (Å²) in [5, 5.41) is 7.00. The number of benzene rings is 2. The van der Waals surface area contributed by atoms with Crippen LogP contribution in [0.4, 0.5) is 15.8 Å². The number of ether oxygens (including phenoxy) is 1. The summed E-state index contributed by atoms with van der Waals surface area (Å²) in [6.07, 6.45) is 0. The third-order valence-electron chi connectivity index (χ3n) is 3.36. The maximum atomic E-state index is 13.1. The fourth-order valence-corrected chi connectivity index (χ4v) is 2.78. The molecule has 5 nitrogen and oxygen atoms in total. The van der Waals surface area contributed by atoms with Gasteiger partial charge in [-0.1, -0.05) is 6.07 Å². The first-order valence-corrected chi connectivity index (χ1v) is 8.59. The SMILES string of the molecule is O=C(Nc1ccc(C(=O)Nc2cccc(F)c2)cc1)C1=CSCCO1. The maximum absolute atomic E-state index is 13.1. The van der Waals surface area contributed by atoms with Crippen LogP contribution in [0, 0.1) is 5.82 Å². The molecule has 2 N–H and O–H groups in total. The Morgan fingerprint density at radius 3 is 2.44 bits per heavy atom. The Morgan fingerprint density at radius 2 is 1.76 bits per heavy atom. The second-order valence-electron chi connectivity index (χ2n) is 5.20. The van der Waals surface area contributed by atoms with Crippen molar-refractivity contribution >= 4 is 35.0 Å². The van der Waals surface area contributed by atoms with Gasteiger partial charge in [0, 0.05) is 28.1 Å². The quantitative estimate of drug-likeness (QED) is 0.876. The summed E-state index contributed by atoms with van der Waals surface area (Å²) in [4.78, 5) is 24.2. The second kappa shape index (κ2) is 7.85. The summed E-state index contributed by atoms with van der Waals surface area (Å²) in [5.41, 5.74) is 1.32. The van der Waals surface area contributed by atoms with Crippen LogP contribution in [-0.2, 0) is 9.53 Å². The minimum Gasteiger partial charge on any atom is -0.487 e. The molecule has 3 rings (SSSR count). The highest BCUT2D eigenvalue weighted by Crippen LogP contribution is 2.18. The van der Waals surface area contributed by atoms with E-state index >= 15 is 0 Å². The van der Waals surface area contributed by atoms with Crippen LogP contribution in [0.2, 0.25) is 0 Å². The van der Waals surface area contributed by atoms with Crippen LogP contribution in [0.1, 0.15) is 10.4 Å². The molecule has 0 saturated heterocycles. The summed E-state index contributed by atoms with van der Waals surface area (Å²) < 4.78 is 18.4. The van der Waals surface area contributed by atoms with Crippen molar-refractivity contribution in [1.82, 2.24) is 0 Å². The van der Waals surface area contributed by atoms with Crippen molar-refractivity contribution in [3.05, 3.63) is 71.1 Å². The normalized spacial score (nSPS) is 13.4. The molecule has 1 heterocycles. The average Bonchev–Trinajstić information content (AvgIpc) is 2.63. The van der Waals surface area contributed by atoms with E-state index in [0.29, 0.717) is 23.5 Å². The van der Waals surface area contributed by atoms with E-state index in [1.165, 1.54) is 30.0 Å². The van der Waals surface area contributed by atoms with Gasteiger partial charge in [-0.15, -0.1) is 11.8 Å². The first kappa shape index (κ1) is 17.0. The maximum Gasteiger partial charge on any atom is 0.291 e. The third kappa shape index (κ3) is 4.60. The molecule has 0 saturated carbocycles. The van der Waals surface area contributed by atoms with Gasteiger partial charge in [-0.05, 0) is 42.5 Å². The lowest BCUT2D eigenvalue weighted by Crippen LogP contribution is -2.19. The van der Waals surface area contributed by atoms with Crippen molar-refractivity contribution in [1.29, 1.82) is 0 Å². The molecule has 0 aromatic heterocycles. The summed E-state index contributed by atoms with van der Waals surface area (Å²) >= 11 is 1.52. The molecule has 0 bridgehead atoms. The highest BCUT2D eigenvalue weighted by atomic mass is 32.2. The highest BCUT2D eigenvalue weighted by Gasteiger charge is 2.14. The molecule has 2 aromatic rings. The molecular weight excluding hydrogens is 343 g/mol. The number of halogens is 1. The molecule has 7 heteroatoms. The fraction of sp³-hybridized carbons (Fsp3) is 0.111. The van der Waals surface area contributed by atoms with E-state index in [4.69, 9.17) is 4.74 Å². The molecule has 25 heavy (non-hydrogen) atoms. The lowest BCUT2D eigenvalue weighted by molar-refractivity contribution is -0.116. The summed E-state index contributed by atoms with van der Waals surface area (Å²) in [6, 6.07) is 12.1. The number of carbonyl (C=O) groups excluding carboxylic acids is 2. The van der Waals surface area contributed by atoms with Gasteiger partial charge < -0.3 is 15.4 Å². The Morgan fingerprint density at radius 1 is 1.00 bits per heavy atom. The first-order chi connectivity index (χ1) is 12.1. The summed E-state index contributed by atoms with van der Waals surface area (Å²) in [6.45, 7) is 0.503. The number of rotatable bonds is 4. The number of hydrogen-bond acceptors (Lipinski definition) is 4. The monoisotopic (exact) mass is 358 g/mol. The van der Waals surface area contributed by atoms with Crippen LogP contribution >= 0.6 is 11.8 Å². The van der Waals surface area contributed by atoms with Crippen molar-refractivity contribution in [2.24, 2.45) is 0 Å².